The maximum Gasteiger partial charge on any atom is 0.534 e. The fourth-order valence-electron chi connectivity index (χ4n) is 1.61. The lowest BCUT2D eigenvalue weighted by Crippen LogP contribution is -2.28. The van der Waals surface area contributed by atoms with Gasteiger partial charge in [0.25, 0.3) is 5.69 Å². The van der Waals surface area contributed by atoms with Crippen molar-refractivity contribution in [3.8, 4) is 17.2 Å². The Morgan fingerprint density at radius 3 is 1.92 bits per heavy atom. The van der Waals surface area contributed by atoms with Crippen LogP contribution in [0.25, 0.3) is 0 Å². The quantitative estimate of drug-likeness (QED) is 0.234. The van der Waals surface area contributed by atoms with E-state index in [2.05, 4.69) is 36.0 Å². The van der Waals surface area contributed by atoms with E-state index < -0.39 is 26.3 Å². The van der Waals surface area contributed by atoms with E-state index in [4.69, 9.17) is 4.74 Å². The third-order valence-corrected chi connectivity index (χ3v) is 4.89. The summed E-state index contributed by atoms with van der Waals surface area (Å²) in [5.41, 5.74) is -5.73. The van der Waals surface area contributed by atoms with Gasteiger partial charge in [-0.25, -0.2) is 0 Å². The zero-order valence-electron chi connectivity index (χ0n) is 12.2. The van der Waals surface area contributed by atoms with Gasteiger partial charge in [-0.3, -0.25) is 10.1 Å². The minimum absolute atomic E-state index is 0.0811. The summed E-state index contributed by atoms with van der Waals surface area (Å²) in [5, 5.41) is 10.6. The van der Waals surface area contributed by atoms with Crippen molar-refractivity contribution in [1.82, 2.24) is 0 Å². The summed E-state index contributed by atoms with van der Waals surface area (Å²) in [5.74, 6) is -0.304. The minimum atomic E-state index is -5.82. The number of alkyl halides is 3. The zero-order chi connectivity index (χ0) is 19.7. The first kappa shape index (κ1) is 20.5. The van der Waals surface area contributed by atoms with Crippen molar-refractivity contribution in [2.24, 2.45) is 0 Å². The third kappa shape index (κ3) is 4.65. The molecule has 26 heavy (non-hydrogen) atoms. The molecular formula is C13H6Br2F3NO6S. The molecule has 0 bridgehead atoms. The first-order valence-electron chi connectivity index (χ1n) is 6.33. The molecule has 0 radical (unpaired) electrons. The third-order valence-electron chi connectivity index (χ3n) is 2.73. The molecule has 0 N–H and O–H groups in total. The van der Waals surface area contributed by atoms with Crippen molar-refractivity contribution >= 4 is 47.7 Å². The van der Waals surface area contributed by atoms with E-state index in [1.54, 1.807) is 0 Å². The predicted octanol–water partition coefficient (Wildman–Crippen LogP) is 5.14. The summed E-state index contributed by atoms with van der Waals surface area (Å²) in [6.07, 6.45) is 0. The van der Waals surface area contributed by atoms with Crippen LogP contribution in [0.4, 0.5) is 18.9 Å². The number of ether oxygens (including phenoxy) is 1. The monoisotopic (exact) mass is 519 g/mol. The number of nitrogens with zero attached hydrogens (tertiary/aromatic N) is 1. The molecule has 0 amide bonds. The summed E-state index contributed by atoms with van der Waals surface area (Å²) in [6, 6.07) is 6.96. The van der Waals surface area contributed by atoms with E-state index in [9.17, 15) is 31.7 Å². The number of nitro benzene ring substituents is 1. The molecule has 0 atom stereocenters. The number of non-ortho nitro benzene ring substituents is 1. The van der Waals surface area contributed by atoms with Crippen LogP contribution in [0.5, 0.6) is 17.2 Å². The van der Waals surface area contributed by atoms with Gasteiger partial charge in [0.15, 0.2) is 5.75 Å². The normalized spacial score (nSPS) is 11.9. The van der Waals surface area contributed by atoms with E-state index in [1.807, 2.05) is 0 Å². The van der Waals surface area contributed by atoms with Crippen LogP contribution in [0.3, 0.4) is 0 Å². The lowest BCUT2D eigenvalue weighted by Gasteiger charge is -2.13. The van der Waals surface area contributed by atoms with Gasteiger partial charge in [-0.1, -0.05) is 0 Å². The van der Waals surface area contributed by atoms with Crippen LogP contribution in [-0.2, 0) is 10.1 Å². The van der Waals surface area contributed by atoms with Crippen molar-refractivity contribution in [3.05, 3.63) is 55.5 Å². The Kier molecular flexibility index (Phi) is 5.82. The number of rotatable bonds is 5. The van der Waals surface area contributed by atoms with Crippen molar-refractivity contribution in [2.75, 3.05) is 0 Å². The lowest BCUT2D eigenvalue weighted by molar-refractivity contribution is -0.384. The Balaban J connectivity index is 2.28. The predicted molar refractivity (Wildman–Crippen MR) is 90.6 cm³/mol. The van der Waals surface area contributed by atoms with Gasteiger partial charge in [0, 0.05) is 12.1 Å². The number of nitro groups is 1. The van der Waals surface area contributed by atoms with E-state index in [-0.39, 0.29) is 26.1 Å². The molecule has 0 aliphatic carbocycles. The van der Waals surface area contributed by atoms with E-state index in [0.29, 0.717) is 0 Å². The Hall–Kier alpha value is -1.86. The number of hydrogen-bond donors (Lipinski definition) is 0. The van der Waals surface area contributed by atoms with Crippen LogP contribution < -0.4 is 8.92 Å². The minimum Gasteiger partial charge on any atom is -0.455 e. The molecule has 7 nitrogen and oxygen atoms in total. The second-order valence-corrected chi connectivity index (χ2v) is 7.80. The van der Waals surface area contributed by atoms with Crippen LogP contribution in [0.15, 0.2) is 45.3 Å². The van der Waals surface area contributed by atoms with Gasteiger partial charge >= 0.3 is 15.6 Å². The average Bonchev–Trinajstić information content (AvgIpc) is 2.50. The number of hydrogen-bond acceptors (Lipinski definition) is 6. The topological polar surface area (TPSA) is 95.7 Å². The van der Waals surface area contributed by atoms with Crippen molar-refractivity contribution < 1.29 is 35.4 Å². The molecule has 0 aromatic heterocycles. The molecule has 0 heterocycles. The van der Waals surface area contributed by atoms with Gasteiger partial charge in [0.05, 0.1) is 13.9 Å². The molecule has 2 rings (SSSR count). The standard InChI is InChI=1S/C13H6Br2F3NO6S/c14-10-5-9(25-26(22,23)13(16,17)18)6-11(15)12(10)24-8-3-1-7(2-4-8)19(20)21/h1-6H. The Labute approximate surface area is 161 Å². The van der Waals surface area contributed by atoms with Gasteiger partial charge in [-0.15, -0.1) is 0 Å². The summed E-state index contributed by atoms with van der Waals surface area (Å²) >= 11 is 6.06. The number of halogens is 5. The average molecular weight is 521 g/mol. The van der Waals surface area contributed by atoms with Crippen LogP contribution >= 0.6 is 31.9 Å². The molecule has 0 spiro atoms. The molecule has 140 valence electrons. The molecule has 2 aromatic carbocycles. The van der Waals surface area contributed by atoms with Crippen molar-refractivity contribution in [2.45, 2.75) is 5.51 Å². The number of benzene rings is 2. The van der Waals surface area contributed by atoms with Gasteiger partial charge in [0.2, 0.25) is 0 Å². The molecule has 0 aliphatic heterocycles. The first-order valence-corrected chi connectivity index (χ1v) is 9.32. The highest BCUT2D eigenvalue weighted by Gasteiger charge is 2.48. The van der Waals surface area contributed by atoms with Crippen LogP contribution in [-0.4, -0.2) is 18.8 Å². The summed E-state index contributed by atoms with van der Waals surface area (Å²) in [6.45, 7) is 0. The second-order valence-electron chi connectivity index (χ2n) is 4.55. The summed E-state index contributed by atoms with van der Waals surface area (Å²) < 4.78 is 68.9. The largest absolute Gasteiger partial charge is 0.534 e. The van der Waals surface area contributed by atoms with Crippen LogP contribution in [0.1, 0.15) is 0 Å². The SMILES string of the molecule is O=[N+]([O-])c1ccc(Oc2c(Br)cc(OS(=O)(=O)C(F)(F)F)cc2Br)cc1. The molecule has 2 aromatic rings. The van der Waals surface area contributed by atoms with Crippen molar-refractivity contribution in [1.29, 1.82) is 0 Å². The van der Waals surface area contributed by atoms with E-state index >= 15 is 0 Å². The van der Waals surface area contributed by atoms with Crippen molar-refractivity contribution in [3.63, 3.8) is 0 Å². The Morgan fingerprint density at radius 1 is 1.00 bits per heavy atom. The van der Waals surface area contributed by atoms with Gasteiger partial charge < -0.3 is 8.92 Å². The van der Waals surface area contributed by atoms with Crippen LogP contribution in [0, 0.1) is 10.1 Å². The zero-order valence-corrected chi connectivity index (χ0v) is 16.1. The summed E-state index contributed by atoms with van der Waals surface area (Å²) in [4.78, 5) is 10.0. The molecule has 0 unspecified atom stereocenters. The molecule has 0 fully saturated rings. The van der Waals surface area contributed by atoms with E-state index in [0.717, 1.165) is 12.1 Å². The van der Waals surface area contributed by atoms with E-state index in [1.165, 1.54) is 24.3 Å². The maximum absolute atomic E-state index is 12.4. The summed E-state index contributed by atoms with van der Waals surface area (Å²) in [7, 11) is -5.82. The highest BCUT2D eigenvalue weighted by molar-refractivity contribution is 9.11. The molecule has 13 heteroatoms. The first-order chi connectivity index (χ1) is 11.9. The van der Waals surface area contributed by atoms with Gasteiger partial charge in [0.1, 0.15) is 11.5 Å². The highest BCUT2D eigenvalue weighted by Crippen LogP contribution is 2.41. The molecule has 0 aliphatic rings. The highest BCUT2D eigenvalue weighted by atomic mass is 79.9. The fraction of sp³-hybridized carbons (Fsp3) is 0.0769. The van der Waals surface area contributed by atoms with Crippen LogP contribution in [0.2, 0.25) is 0 Å². The molecule has 0 saturated carbocycles. The van der Waals surface area contributed by atoms with Gasteiger partial charge in [-0.2, -0.15) is 21.6 Å². The van der Waals surface area contributed by atoms with Gasteiger partial charge in [-0.05, 0) is 56.1 Å². The Morgan fingerprint density at radius 2 is 1.50 bits per heavy atom. The fourth-order valence-corrected chi connectivity index (χ4v) is 3.36. The second kappa shape index (κ2) is 7.40. The maximum atomic E-state index is 12.4. The molecular weight excluding hydrogens is 515 g/mol. The lowest BCUT2D eigenvalue weighted by atomic mass is 10.3. The smallest absolute Gasteiger partial charge is 0.455 e. The molecule has 0 saturated heterocycles. The Bertz CT molecular complexity index is 924.